The molecule has 0 aliphatic carbocycles. The van der Waals surface area contributed by atoms with Crippen LogP contribution in [0.15, 0.2) is 57.9 Å². The van der Waals surface area contributed by atoms with Gasteiger partial charge in [0.1, 0.15) is 0 Å². The summed E-state index contributed by atoms with van der Waals surface area (Å²) in [5, 5.41) is 6.90. The van der Waals surface area contributed by atoms with Crippen LogP contribution in [0.4, 0.5) is 5.95 Å². The summed E-state index contributed by atoms with van der Waals surface area (Å²) in [4.78, 5) is 15.2. The molecule has 0 radical (unpaired) electrons. The molecule has 0 spiro atoms. The fourth-order valence-electron chi connectivity index (χ4n) is 1.94. The van der Waals surface area contributed by atoms with E-state index in [1.165, 1.54) is 16.3 Å². The Labute approximate surface area is 134 Å². The Morgan fingerprint density at radius 2 is 1.86 bits per heavy atom. The van der Waals surface area contributed by atoms with Gasteiger partial charge in [0.05, 0.1) is 4.88 Å². The van der Waals surface area contributed by atoms with Crippen molar-refractivity contribution >= 4 is 34.8 Å². The molecule has 0 fully saturated rings. The normalized spacial score (nSPS) is 11.1. The van der Waals surface area contributed by atoms with E-state index in [0.717, 1.165) is 9.77 Å². The van der Waals surface area contributed by atoms with Crippen LogP contribution in [0, 0.1) is 0 Å². The summed E-state index contributed by atoms with van der Waals surface area (Å²) in [5.74, 6) is 1.34. The second-order valence-corrected chi connectivity index (χ2v) is 6.39. The molecule has 0 aliphatic heterocycles. The molecule has 22 heavy (non-hydrogen) atoms. The molecule has 4 rings (SSSR count). The molecule has 0 saturated heterocycles. The summed E-state index contributed by atoms with van der Waals surface area (Å²) in [5.41, 5.74) is 5.98. The van der Waals surface area contributed by atoms with Gasteiger partial charge in [-0.25, -0.2) is 0 Å². The Morgan fingerprint density at radius 3 is 2.64 bits per heavy atom. The zero-order valence-corrected chi connectivity index (χ0v) is 12.9. The van der Waals surface area contributed by atoms with Crippen LogP contribution in [-0.4, -0.2) is 24.6 Å². The van der Waals surface area contributed by atoms with Crippen LogP contribution in [0.25, 0.3) is 16.5 Å². The van der Waals surface area contributed by atoms with Crippen molar-refractivity contribution in [2.45, 2.75) is 10.1 Å². The number of rotatable bonds is 3. The quantitative estimate of drug-likeness (QED) is 0.623. The van der Waals surface area contributed by atoms with Crippen molar-refractivity contribution in [2.75, 3.05) is 5.73 Å². The Morgan fingerprint density at radius 1 is 1.00 bits per heavy atom. The number of hydrogen-bond donors (Lipinski definition) is 1. The molecule has 0 saturated carbocycles. The first-order valence-corrected chi connectivity index (χ1v) is 8.16. The second-order valence-electron chi connectivity index (χ2n) is 4.40. The van der Waals surface area contributed by atoms with E-state index in [1.807, 2.05) is 47.8 Å². The Bertz CT molecular complexity index is 917. The predicted octanol–water partition coefficient (Wildman–Crippen LogP) is 2.98. The minimum Gasteiger partial charge on any atom is -0.368 e. The minimum atomic E-state index is 0.277. The van der Waals surface area contributed by atoms with Crippen LogP contribution < -0.4 is 5.73 Å². The molecular weight excluding hydrogens is 316 g/mol. The van der Waals surface area contributed by atoms with E-state index in [4.69, 9.17) is 5.73 Å². The molecule has 0 amide bonds. The number of nitrogens with two attached hydrogens (primary N) is 1. The molecule has 4 aromatic rings. The molecule has 8 heteroatoms. The molecule has 0 atom stereocenters. The fraction of sp³-hybridized carbons (Fsp3) is 0. The van der Waals surface area contributed by atoms with Gasteiger partial charge in [-0.3, -0.25) is 0 Å². The number of aromatic nitrogens is 5. The highest BCUT2D eigenvalue weighted by atomic mass is 32.2. The predicted molar refractivity (Wildman–Crippen MR) is 86.9 cm³/mol. The van der Waals surface area contributed by atoms with Gasteiger partial charge >= 0.3 is 0 Å². The van der Waals surface area contributed by atoms with Gasteiger partial charge in [-0.2, -0.15) is 19.5 Å². The number of nitrogen functional groups attached to an aromatic ring is 1. The molecule has 3 heterocycles. The SMILES string of the molecule is Nc1nc(Sc2ccccc2)nc2nc(-c3cccs3)nn12. The van der Waals surface area contributed by atoms with Crippen molar-refractivity contribution < 1.29 is 0 Å². The first-order chi connectivity index (χ1) is 10.8. The van der Waals surface area contributed by atoms with E-state index in [0.29, 0.717) is 16.8 Å². The number of hydrogen-bond acceptors (Lipinski definition) is 7. The van der Waals surface area contributed by atoms with Crippen molar-refractivity contribution in [1.29, 1.82) is 0 Å². The first kappa shape index (κ1) is 13.2. The molecule has 2 N–H and O–H groups in total. The highest BCUT2D eigenvalue weighted by molar-refractivity contribution is 7.99. The van der Waals surface area contributed by atoms with Gasteiger partial charge in [-0.05, 0) is 35.3 Å². The molecule has 108 valence electrons. The zero-order valence-electron chi connectivity index (χ0n) is 11.2. The average molecular weight is 326 g/mol. The van der Waals surface area contributed by atoms with Gasteiger partial charge in [0.15, 0.2) is 11.0 Å². The number of fused-ring (bicyclic) bond motifs is 1. The Kier molecular flexibility index (Phi) is 3.24. The first-order valence-electron chi connectivity index (χ1n) is 6.47. The number of nitrogens with zero attached hydrogens (tertiary/aromatic N) is 5. The largest absolute Gasteiger partial charge is 0.368 e. The van der Waals surface area contributed by atoms with Crippen molar-refractivity contribution in [3.8, 4) is 10.7 Å². The number of benzene rings is 1. The summed E-state index contributed by atoms with van der Waals surface area (Å²) in [6.07, 6.45) is 0. The number of thiophene rings is 1. The van der Waals surface area contributed by atoms with Gasteiger partial charge in [-0.1, -0.05) is 24.3 Å². The third-order valence-electron chi connectivity index (χ3n) is 2.91. The van der Waals surface area contributed by atoms with E-state index < -0.39 is 0 Å². The lowest BCUT2D eigenvalue weighted by Gasteiger charge is -2.01. The highest BCUT2D eigenvalue weighted by Crippen LogP contribution is 2.26. The lowest BCUT2D eigenvalue weighted by Crippen LogP contribution is -2.05. The molecule has 0 bridgehead atoms. The zero-order chi connectivity index (χ0) is 14.9. The molecule has 1 aromatic carbocycles. The van der Waals surface area contributed by atoms with E-state index in [9.17, 15) is 0 Å². The average Bonchev–Trinajstić information content (AvgIpc) is 3.17. The lowest BCUT2D eigenvalue weighted by atomic mass is 10.4. The maximum absolute atomic E-state index is 5.98. The second kappa shape index (κ2) is 5.39. The van der Waals surface area contributed by atoms with Gasteiger partial charge < -0.3 is 5.73 Å². The van der Waals surface area contributed by atoms with Crippen LogP contribution in [0.3, 0.4) is 0 Å². The van der Waals surface area contributed by atoms with Crippen molar-refractivity contribution in [2.24, 2.45) is 0 Å². The van der Waals surface area contributed by atoms with Gasteiger partial charge in [0, 0.05) is 4.90 Å². The van der Waals surface area contributed by atoms with Crippen molar-refractivity contribution in [3.63, 3.8) is 0 Å². The van der Waals surface area contributed by atoms with Crippen molar-refractivity contribution in [3.05, 3.63) is 47.8 Å². The summed E-state index contributed by atoms with van der Waals surface area (Å²) >= 11 is 3.01. The number of anilines is 1. The van der Waals surface area contributed by atoms with Crippen LogP contribution in [0.1, 0.15) is 0 Å². The standard InChI is InChI=1S/C14H10N6S2/c15-12-17-14(22-9-5-2-1-3-6-9)18-13-16-11(19-20(12)13)10-7-4-8-21-10/h1-8H,(H2,15,16,17,18,19). The van der Waals surface area contributed by atoms with Gasteiger partial charge in [0.25, 0.3) is 5.78 Å². The smallest absolute Gasteiger partial charge is 0.258 e. The lowest BCUT2D eigenvalue weighted by molar-refractivity contribution is 0.850. The molecule has 3 aromatic heterocycles. The van der Waals surface area contributed by atoms with E-state index in [1.54, 1.807) is 11.3 Å². The van der Waals surface area contributed by atoms with Gasteiger partial charge in [-0.15, -0.1) is 16.4 Å². The maximum Gasteiger partial charge on any atom is 0.258 e. The third-order valence-corrected chi connectivity index (χ3v) is 4.65. The summed E-state index contributed by atoms with van der Waals surface area (Å²) in [6.45, 7) is 0. The fourth-order valence-corrected chi connectivity index (χ4v) is 3.36. The Balaban J connectivity index is 1.76. The molecule has 6 nitrogen and oxygen atoms in total. The molecule has 0 unspecified atom stereocenters. The minimum absolute atomic E-state index is 0.277. The third kappa shape index (κ3) is 2.42. The van der Waals surface area contributed by atoms with E-state index in [-0.39, 0.29) is 5.95 Å². The highest BCUT2D eigenvalue weighted by Gasteiger charge is 2.13. The van der Waals surface area contributed by atoms with Crippen LogP contribution in [-0.2, 0) is 0 Å². The van der Waals surface area contributed by atoms with E-state index >= 15 is 0 Å². The van der Waals surface area contributed by atoms with Crippen LogP contribution in [0.2, 0.25) is 0 Å². The molecular formula is C14H10N6S2. The summed E-state index contributed by atoms with van der Waals surface area (Å²) < 4.78 is 1.46. The summed E-state index contributed by atoms with van der Waals surface area (Å²) in [7, 11) is 0. The Hall–Kier alpha value is -2.45. The topological polar surface area (TPSA) is 82.0 Å². The van der Waals surface area contributed by atoms with Gasteiger partial charge in [0.2, 0.25) is 5.95 Å². The van der Waals surface area contributed by atoms with Crippen molar-refractivity contribution in [1.82, 2.24) is 24.6 Å². The summed E-state index contributed by atoms with van der Waals surface area (Å²) in [6, 6.07) is 13.8. The monoisotopic (exact) mass is 326 g/mol. The molecule has 0 aliphatic rings. The maximum atomic E-state index is 5.98. The van der Waals surface area contributed by atoms with Crippen LogP contribution in [0.5, 0.6) is 0 Å². The van der Waals surface area contributed by atoms with Crippen LogP contribution >= 0.6 is 23.1 Å². The van der Waals surface area contributed by atoms with E-state index in [2.05, 4.69) is 20.1 Å².